The third kappa shape index (κ3) is 3.25. The Morgan fingerprint density at radius 3 is 2.71 bits per heavy atom. The zero-order valence-electron chi connectivity index (χ0n) is 19.4. The first kappa shape index (κ1) is 20.8. The maximum atomic E-state index is 11.6. The van der Waals surface area contributed by atoms with Crippen LogP contribution in [0.3, 0.4) is 0 Å². The second-order valence-corrected chi connectivity index (χ2v) is 10.6. The topological polar surface area (TPSA) is 43.7 Å². The van der Waals surface area contributed by atoms with Gasteiger partial charge in [0.05, 0.1) is 12.4 Å². The van der Waals surface area contributed by atoms with Gasteiger partial charge in [0.1, 0.15) is 5.60 Å². The zero-order valence-corrected chi connectivity index (χ0v) is 19.4. The third-order valence-electron chi connectivity index (χ3n) is 7.52. The first-order valence-electron chi connectivity index (χ1n) is 11.5. The summed E-state index contributed by atoms with van der Waals surface area (Å²) in [4.78, 5) is 14.0. The predicted molar refractivity (Wildman–Crippen MR) is 122 cm³/mol. The Hall–Kier alpha value is -2.11. The number of fused-ring (bicyclic) bond motifs is 2. The largest absolute Gasteiger partial charge is 0.497 e. The van der Waals surface area contributed by atoms with E-state index in [0.29, 0.717) is 25.0 Å². The Kier molecular flexibility index (Phi) is 4.83. The van der Waals surface area contributed by atoms with E-state index in [1.165, 1.54) is 22.0 Å². The van der Waals surface area contributed by atoms with Gasteiger partial charge in [-0.15, -0.1) is 0 Å². The first-order chi connectivity index (χ1) is 14.7. The summed E-state index contributed by atoms with van der Waals surface area (Å²) in [5.41, 5.74) is 3.71. The number of likely N-dealkylation sites (tertiary alicyclic amines) is 1. The molecule has 1 aromatic heterocycles. The normalized spacial score (nSPS) is 28.7. The van der Waals surface area contributed by atoms with Crippen LogP contribution in [-0.2, 0) is 31.8 Å². The van der Waals surface area contributed by atoms with Gasteiger partial charge in [-0.2, -0.15) is 0 Å². The standard InChI is InChI=1S/C26H34N2O3/c1-25(2,3)28-15-18-11-23-26(30-5,21-7-6-8-22(28)24(18)21)13-17(14-27(23)4)16-31-20-10-9-19(29)12-20/h6-8,12,15,17,23H,9-11,13-14,16H2,1-5H3/t17-,23-,26?/m1/s1. The van der Waals surface area contributed by atoms with E-state index < -0.39 is 0 Å². The quantitative estimate of drug-likeness (QED) is 0.734. The molecular weight excluding hydrogens is 388 g/mol. The molecule has 0 radical (unpaired) electrons. The van der Waals surface area contributed by atoms with Gasteiger partial charge in [0.25, 0.3) is 0 Å². The molecule has 1 aromatic carbocycles. The van der Waals surface area contributed by atoms with E-state index in [9.17, 15) is 4.79 Å². The number of likely N-dealkylation sites (N-methyl/N-ethyl adjacent to an activating group) is 1. The third-order valence-corrected chi connectivity index (χ3v) is 7.52. The number of methoxy groups -OCH3 is 1. The van der Waals surface area contributed by atoms with Gasteiger partial charge >= 0.3 is 0 Å². The van der Waals surface area contributed by atoms with Crippen LogP contribution in [0.2, 0.25) is 0 Å². The summed E-state index contributed by atoms with van der Waals surface area (Å²) in [6.07, 6.45) is 7.28. The number of nitrogens with zero attached hydrogens (tertiary/aromatic N) is 2. The van der Waals surface area contributed by atoms with Crippen molar-refractivity contribution in [2.75, 3.05) is 27.3 Å². The number of carbonyl (C=O) groups is 1. The Labute approximate surface area is 185 Å². The molecule has 1 aliphatic heterocycles. The number of hydrogen-bond acceptors (Lipinski definition) is 4. The summed E-state index contributed by atoms with van der Waals surface area (Å²) < 4.78 is 14.9. The van der Waals surface area contributed by atoms with Crippen molar-refractivity contribution in [3.63, 3.8) is 0 Å². The summed E-state index contributed by atoms with van der Waals surface area (Å²) in [6, 6.07) is 6.99. The average molecular weight is 423 g/mol. The van der Waals surface area contributed by atoms with Crippen LogP contribution >= 0.6 is 0 Å². The molecule has 2 heterocycles. The number of ketones is 1. The Bertz CT molecular complexity index is 1060. The minimum atomic E-state index is -0.350. The van der Waals surface area contributed by atoms with E-state index >= 15 is 0 Å². The first-order valence-corrected chi connectivity index (χ1v) is 11.5. The molecule has 2 aliphatic carbocycles. The highest BCUT2D eigenvalue weighted by Crippen LogP contribution is 2.50. The van der Waals surface area contributed by atoms with E-state index in [-0.39, 0.29) is 16.9 Å². The van der Waals surface area contributed by atoms with Crippen molar-refractivity contribution in [2.24, 2.45) is 5.92 Å². The summed E-state index contributed by atoms with van der Waals surface area (Å²) in [7, 11) is 4.08. The highest BCUT2D eigenvalue weighted by Gasteiger charge is 2.52. The van der Waals surface area contributed by atoms with Gasteiger partial charge in [-0.05, 0) is 57.9 Å². The Morgan fingerprint density at radius 1 is 1.23 bits per heavy atom. The molecule has 5 heteroatoms. The minimum Gasteiger partial charge on any atom is -0.497 e. The van der Waals surface area contributed by atoms with E-state index in [1.807, 2.05) is 7.11 Å². The van der Waals surface area contributed by atoms with E-state index in [1.54, 1.807) is 6.08 Å². The van der Waals surface area contributed by atoms with Crippen LogP contribution in [0, 0.1) is 5.92 Å². The van der Waals surface area contributed by atoms with Crippen LogP contribution in [0.15, 0.2) is 36.2 Å². The summed E-state index contributed by atoms with van der Waals surface area (Å²) >= 11 is 0. The molecule has 5 rings (SSSR count). The number of allylic oxidation sites excluding steroid dienone is 2. The van der Waals surface area contributed by atoms with E-state index in [0.717, 1.165) is 31.6 Å². The van der Waals surface area contributed by atoms with Crippen LogP contribution in [0.5, 0.6) is 0 Å². The lowest BCUT2D eigenvalue weighted by molar-refractivity contribution is -0.131. The molecule has 3 aliphatic rings. The van der Waals surface area contributed by atoms with Crippen molar-refractivity contribution >= 4 is 16.7 Å². The molecular formula is C26H34N2O3. The number of benzene rings is 1. The number of piperidine rings is 1. The van der Waals surface area contributed by atoms with Crippen molar-refractivity contribution in [3.05, 3.63) is 47.4 Å². The van der Waals surface area contributed by atoms with E-state index in [2.05, 4.69) is 61.7 Å². The fourth-order valence-electron chi connectivity index (χ4n) is 6.12. The van der Waals surface area contributed by atoms with Gasteiger partial charge in [0.2, 0.25) is 0 Å². The van der Waals surface area contributed by atoms with Crippen LogP contribution in [-0.4, -0.2) is 48.6 Å². The molecule has 3 atom stereocenters. The maximum Gasteiger partial charge on any atom is 0.159 e. The average Bonchev–Trinajstić information content (AvgIpc) is 3.31. The molecule has 31 heavy (non-hydrogen) atoms. The Balaban J connectivity index is 1.53. The van der Waals surface area contributed by atoms with Gasteiger partial charge in [-0.3, -0.25) is 9.69 Å². The lowest BCUT2D eigenvalue weighted by atomic mass is 9.69. The van der Waals surface area contributed by atoms with Crippen molar-refractivity contribution in [2.45, 2.75) is 63.6 Å². The number of rotatable bonds is 4. The maximum absolute atomic E-state index is 11.6. The van der Waals surface area contributed by atoms with Crippen LogP contribution < -0.4 is 0 Å². The van der Waals surface area contributed by atoms with Crippen molar-refractivity contribution < 1.29 is 14.3 Å². The van der Waals surface area contributed by atoms with Gasteiger partial charge in [-0.25, -0.2) is 0 Å². The molecule has 1 fully saturated rings. The highest BCUT2D eigenvalue weighted by atomic mass is 16.5. The van der Waals surface area contributed by atoms with Gasteiger partial charge in [0, 0.05) is 67.2 Å². The Morgan fingerprint density at radius 2 is 2.03 bits per heavy atom. The minimum absolute atomic E-state index is 0.0274. The fourth-order valence-corrected chi connectivity index (χ4v) is 6.12. The number of carbonyl (C=O) groups excluding carboxylic acids is 1. The van der Waals surface area contributed by atoms with Crippen molar-refractivity contribution in [1.82, 2.24) is 9.47 Å². The molecule has 0 spiro atoms. The number of aromatic nitrogens is 1. The van der Waals surface area contributed by atoms with Crippen LogP contribution in [0.4, 0.5) is 0 Å². The predicted octanol–water partition coefficient (Wildman–Crippen LogP) is 4.38. The molecule has 2 aromatic rings. The molecule has 166 valence electrons. The van der Waals surface area contributed by atoms with Crippen LogP contribution in [0.25, 0.3) is 10.9 Å². The molecule has 5 nitrogen and oxygen atoms in total. The highest BCUT2D eigenvalue weighted by molar-refractivity contribution is 5.92. The smallest absolute Gasteiger partial charge is 0.159 e. The van der Waals surface area contributed by atoms with Gasteiger partial charge in [-0.1, -0.05) is 12.1 Å². The number of ether oxygens (including phenoxy) is 2. The molecule has 0 saturated carbocycles. The molecule has 0 amide bonds. The van der Waals surface area contributed by atoms with Crippen molar-refractivity contribution in [1.29, 1.82) is 0 Å². The van der Waals surface area contributed by atoms with Crippen molar-refractivity contribution in [3.8, 4) is 0 Å². The lowest BCUT2D eigenvalue weighted by Gasteiger charge is -2.53. The molecule has 0 bridgehead atoms. The monoisotopic (exact) mass is 422 g/mol. The second-order valence-electron chi connectivity index (χ2n) is 10.6. The summed E-state index contributed by atoms with van der Waals surface area (Å²) in [5.74, 6) is 1.37. The van der Waals surface area contributed by atoms with E-state index in [4.69, 9.17) is 9.47 Å². The van der Waals surface area contributed by atoms with Gasteiger partial charge in [0.15, 0.2) is 5.78 Å². The zero-order chi connectivity index (χ0) is 22.0. The lowest BCUT2D eigenvalue weighted by Crippen LogP contribution is -2.59. The molecule has 1 saturated heterocycles. The SMILES string of the molecule is COC12C[C@@H](COC3=CC(=O)CC3)CN(C)[C@@H]1Cc1cn(C(C)(C)C)c3cccc2c13. The molecule has 1 unspecified atom stereocenters. The fraction of sp³-hybridized carbons (Fsp3) is 0.577. The van der Waals surface area contributed by atoms with Gasteiger partial charge < -0.3 is 14.0 Å². The molecule has 0 N–H and O–H groups in total. The summed E-state index contributed by atoms with van der Waals surface area (Å²) in [5, 5.41) is 1.37. The van der Waals surface area contributed by atoms with Crippen LogP contribution in [0.1, 0.15) is 51.2 Å². The second kappa shape index (κ2) is 7.21. The summed E-state index contributed by atoms with van der Waals surface area (Å²) in [6.45, 7) is 8.40. The number of hydrogen-bond donors (Lipinski definition) is 0.